The van der Waals surface area contributed by atoms with Gasteiger partial charge in [-0.05, 0) is 31.2 Å². The second-order valence-corrected chi connectivity index (χ2v) is 7.40. The fourth-order valence-corrected chi connectivity index (χ4v) is 3.87. The van der Waals surface area contributed by atoms with E-state index in [1.54, 1.807) is 36.7 Å². The van der Waals surface area contributed by atoms with E-state index in [0.29, 0.717) is 17.0 Å². The molecule has 3 rings (SSSR count). The van der Waals surface area contributed by atoms with E-state index < -0.39 is 12.1 Å². The van der Waals surface area contributed by atoms with Gasteiger partial charge in [-0.2, -0.15) is 0 Å². The van der Waals surface area contributed by atoms with Gasteiger partial charge in [-0.1, -0.05) is 30.3 Å². The lowest BCUT2D eigenvalue weighted by atomic mass is 10.2. The molecule has 0 saturated carbocycles. The van der Waals surface area contributed by atoms with Gasteiger partial charge in [0.15, 0.2) is 6.10 Å². The Morgan fingerprint density at radius 2 is 1.89 bits per heavy atom. The summed E-state index contributed by atoms with van der Waals surface area (Å²) in [6.45, 7) is 1.56. The summed E-state index contributed by atoms with van der Waals surface area (Å²) in [5.41, 5.74) is 3.84. The highest BCUT2D eigenvalue weighted by molar-refractivity contribution is 7.98. The molecular weight excluding hydrogens is 380 g/mol. The highest BCUT2D eigenvalue weighted by Crippen LogP contribution is 2.27. The Labute approximate surface area is 165 Å². The minimum atomic E-state index is -0.908. The summed E-state index contributed by atoms with van der Waals surface area (Å²) in [6, 6.07) is 16.3. The van der Waals surface area contributed by atoms with Crippen molar-refractivity contribution in [1.82, 2.24) is 4.98 Å². The summed E-state index contributed by atoms with van der Waals surface area (Å²) in [5, 5.41) is 4.70. The van der Waals surface area contributed by atoms with Crippen molar-refractivity contribution in [2.24, 2.45) is 0 Å². The molecule has 3 aromatic rings. The number of hydrogen-bond acceptors (Lipinski definition) is 6. The van der Waals surface area contributed by atoms with Gasteiger partial charge in [0.2, 0.25) is 0 Å². The minimum Gasteiger partial charge on any atom is -0.449 e. The molecule has 27 heavy (non-hydrogen) atoms. The van der Waals surface area contributed by atoms with Gasteiger partial charge in [-0.25, -0.2) is 9.78 Å². The summed E-state index contributed by atoms with van der Waals surface area (Å²) in [6.07, 6.45) is -0.908. The van der Waals surface area contributed by atoms with E-state index in [-0.39, 0.29) is 5.91 Å². The summed E-state index contributed by atoms with van der Waals surface area (Å²) < 4.78 is 5.37. The molecule has 0 saturated heterocycles. The third-order valence-corrected chi connectivity index (χ3v) is 5.40. The Balaban J connectivity index is 1.62. The Morgan fingerprint density at radius 3 is 2.63 bits per heavy atom. The van der Waals surface area contributed by atoms with Gasteiger partial charge < -0.3 is 10.1 Å². The summed E-state index contributed by atoms with van der Waals surface area (Å²) in [5.74, 6) is -0.230. The average molecular weight is 399 g/mol. The van der Waals surface area contributed by atoms with Gasteiger partial charge in [0.1, 0.15) is 0 Å². The van der Waals surface area contributed by atoms with Gasteiger partial charge >= 0.3 is 5.97 Å². The lowest BCUT2D eigenvalue weighted by Gasteiger charge is -2.15. The van der Waals surface area contributed by atoms with Crippen LogP contribution in [0.5, 0.6) is 0 Å². The second-order valence-electron chi connectivity index (χ2n) is 5.67. The highest BCUT2D eigenvalue weighted by Gasteiger charge is 2.21. The zero-order valence-electron chi connectivity index (χ0n) is 14.6. The Hall–Kier alpha value is -2.64. The minimum absolute atomic E-state index is 0.373. The number of aromatic nitrogens is 1. The SMILES string of the molecule is CC(OC(=O)c1ccccc1SCc1cscn1)C(=O)Nc1ccccc1. The van der Waals surface area contributed by atoms with Crippen molar-refractivity contribution in [2.45, 2.75) is 23.7 Å². The van der Waals surface area contributed by atoms with Crippen LogP contribution >= 0.6 is 23.1 Å². The van der Waals surface area contributed by atoms with E-state index in [9.17, 15) is 9.59 Å². The number of hydrogen-bond donors (Lipinski definition) is 1. The van der Waals surface area contributed by atoms with E-state index in [0.717, 1.165) is 10.6 Å². The predicted octanol–water partition coefficient (Wildman–Crippen LogP) is 4.62. The van der Waals surface area contributed by atoms with E-state index >= 15 is 0 Å². The molecule has 1 amide bonds. The number of para-hydroxylation sites is 1. The zero-order chi connectivity index (χ0) is 19.1. The zero-order valence-corrected chi connectivity index (χ0v) is 16.3. The first kappa shape index (κ1) is 19.1. The normalized spacial score (nSPS) is 11.6. The quantitative estimate of drug-likeness (QED) is 0.465. The Kier molecular flexibility index (Phi) is 6.62. The fourth-order valence-electron chi connectivity index (χ4n) is 2.26. The molecule has 1 aromatic heterocycles. The van der Waals surface area contributed by atoms with E-state index in [4.69, 9.17) is 4.74 Å². The lowest BCUT2D eigenvalue weighted by Crippen LogP contribution is -2.30. The number of nitrogens with zero attached hydrogens (tertiary/aromatic N) is 1. The number of carbonyl (C=O) groups excluding carboxylic acids is 2. The summed E-state index contributed by atoms with van der Waals surface area (Å²) in [7, 11) is 0. The lowest BCUT2D eigenvalue weighted by molar-refractivity contribution is -0.123. The number of carbonyl (C=O) groups is 2. The highest BCUT2D eigenvalue weighted by atomic mass is 32.2. The maximum absolute atomic E-state index is 12.6. The Bertz CT molecular complexity index is 899. The smallest absolute Gasteiger partial charge is 0.340 e. The van der Waals surface area contributed by atoms with E-state index in [2.05, 4.69) is 10.3 Å². The van der Waals surface area contributed by atoms with Crippen LogP contribution in [0.4, 0.5) is 5.69 Å². The topological polar surface area (TPSA) is 68.3 Å². The number of ether oxygens (including phenoxy) is 1. The number of anilines is 1. The number of rotatable bonds is 7. The number of esters is 1. The molecule has 0 aliphatic heterocycles. The first-order valence-corrected chi connectivity index (χ1v) is 10.2. The third kappa shape index (κ3) is 5.42. The molecule has 1 atom stereocenters. The molecule has 0 aliphatic carbocycles. The molecule has 7 heteroatoms. The molecule has 5 nitrogen and oxygen atoms in total. The number of nitrogens with one attached hydrogen (secondary N) is 1. The van der Waals surface area contributed by atoms with Gasteiger partial charge in [0.25, 0.3) is 5.91 Å². The molecule has 2 aromatic carbocycles. The summed E-state index contributed by atoms with van der Waals surface area (Å²) in [4.78, 5) is 29.9. The van der Waals surface area contributed by atoms with Crippen LogP contribution in [0, 0.1) is 0 Å². The van der Waals surface area contributed by atoms with Crippen LogP contribution in [-0.2, 0) is 15.3 Å². The van der Waals surface area contributed by atoms with Crippen molar-refractivity contribution >= 4 is 40.7 Å². The van der Waals surface area contributed by atoms with E-state index in [1.165, 1.54) is 23.1 Å². The molecule has 138 valence electrons. The number of benzene rings is 2. The van der Waals surface area contributed by atoms with Crippen LogP contribution in [0.15, 0.2) is 70.4 Å². The van der Waals surface area contributed by atoms with Crippen LogP contribution in [-0.4, -0.2) is 23.0 Å². The van der Waals surface area contributed by atoms with Crippen molar-refractivity contribution in [3.63, 3.8) is 0 Å². The molecule has 1 N–H and O–H groups in total. The molecule has 0 radical (unpaired) electrons. The number of amides is 1. The van der Waals surface area contributed by atoms with Crippen LogP contribution in [0.2, 0.25) is 0 Å². The van der Waals surface area contributed by atoms with Gasteiger partial charge in [-0.3, -0.25) is 4.79 Å². The molecule has 0 bridgehead atoms. The third-order valence-electron chi connectivity index (χ3n) is 3.66. The van der Waals surface area contributed by atoms with Gasteiger partial charge in [0.05, 0.1) is 16.8 Å². The molecule has 0 spiro atoms. The molecule has 0 fully saturated rings. The first-order valence-electron chi connectivity index (χ1n) is 8.29. The number of thioether (sulfide) groups is 1. The molecule has 1 unspecified atom stereocenters. The number of thiazole rings is 1. The molecule has 1 heterocycles. The average Bonchev–Trinajstić information content (AvgIpc) is 3.21. The maximum atomic E-state index is 12.6. The maximum Gasteiger partial charge on any atom is 0.340 e. The van der Waals surface area contributed by atoms with Crippen LogP contribution in [0.25, 0.3) is 0 Å². The predicted molar refractivity (Wildman–Crippen MR) is 108 cm³/mol. The van der Waals surface area contributed by atoms with Crippen LogP contribution in [0.1, 0.15) is 23.0 Å². The van der Waals surface area contributed by atoms with Crippen LogP contribution in [0.3, 0.4) is 0 Å². The second kappa shape index (κ2) is 9.34. The van der Waals surface area contributed by atoms with Crippen molar-refractivity contribution in [3.05, 3.63) is 76.7 Å². The van der Waals surface area contributed by atoms with Crippen molar-refractivity contribution in [2.75, 3.05) is 5.32 Å². The molecular formula is C20H18N2O3S2. The first-order chi connectivity index (χ1) is 13.1. The largest absolute Gasteiger partial charge is 0.449 e. The molecule has 0 aliphatic rings. The van der Waals surface area contributed by atoms with Gasteiger partial charge in [-0.15, -0.1) is 23.1 Å². The van der Waals surface area contributed by atoms with Crippen molar-refractivity contribution in [1.29, 1.82) is 0 Å². The Morgan fingerprint density at radius 1 is 1.15 bits per heavy atom. The van der Waals surface area contributed by atoms with Gasteiger partial charge in [0, 0.05) is 21.7 Å². The summed E-state index contributed by atoms with van der Waals surface area (Å²) >= 11 is 3.05. The monoisotopic (exact) mass is 398 g/mol. The van der Waals surface area contributed by atoms with Crippen molar-refractivity contribution < 1.29 is 14.3 Å². The standard InChI is InChI=1S/C20H18N2O3S2/c1-14(19(23)22-15-7-3-2-4-8-15)25-20(24)17-9-5-6-10-18(17)27-12-16-11-26-13-21-16/h2-11,13-14H,12H2,1H3,(H,22,23). The van der Waals surface area contributed by atoms with E-state index in [1.807, 2.05) is 35.7 Å². The van der Waals surface area contributed by atoms with Crippen molar-refractivity contribution in [3.8, 4) is 0 Å². The fraction of sp³-hybridized carbons (Fsp3) is 0.150. The van der Waals surface area contributed by atoms with Crippen LogP contribution < -0.4 is 5.32 Å².